The first-order valence-corrected chi connectivity index (χ1v) is 7.70. The van der Waals surface area contributed by atoms with Gasteiger partial charge in [0.2, 0.25) is 5.91 Å². The van der Waals surface area contributed by atoms with Crippen LogP contribution in [0.1, 0.15) is 43.5 Å². The van der Waals surface area contributed by atoms with Crippen molar-refractivity contribution in [3.63, 3.8) is 0 Å². The maximum Gasteiger partial charge on any atom is 0.251 e. The average Bonchev–Trinajstić information content (AvgIpc) is 2.82. The predicted molar refractivity (Wildman–Crippen MR) is 82.7 cm³/mol. The van der Waals surface area contributed by atoms with Crippen LogP contribution in [-0.4, -0.2) is 18.4 Å². The van der Waals surface area contributed by atoms with Gasteiger partial charge >= 0.3 is 0 Å². The molecule has 0 radical (unpaired) electrons. The van der Waals surface area contributed by atoms with Crippen molar-refractivity contribution < 1.29 is 9.59 Å². The van der Waals surface area contributed by atoms with Gasteiger partial charge < -0.3 is 16.8 Å². The molecule has 6 heteroatoms. The standard InChI is InChI=1S/C14H23N3O2S/c1-9(2)10(5-7-15)3-4-12(18)17-14-11(13(16)19)6-8-20-14/h6,8-10H,3-5,7,15H2,1-2H3,(H2,16,19)(H,17,18). The predicted octanol–water partition coefficient (Wildman–Crippen LogP) is 2.19. The summed E-state index contributed by atoms with van der Waals surface area (Å²) < 4.78 is 0. The Morgan fingerprint density at radius 2 is 2.05 bits per heavy atom. The summed E-state index contributed by atoms with van der Waals surface area (Å²) in [6.45, 7) is 4.92. The molecule has 0 saturated heterocycles. The van der Waals surface area contributed by atoms with Gasteiger partial charge in [-0.15, -0.1) is 11.3 Å². The van der Waals surface area contributed by atoms with Crippen LogP contribution in [0.25, 0.3) is 0 Å². The Bertz CT molecular complexity index is 457. The van der Waals surface area contributed by atoms with Crippen LogP contribution in [0.2, 0.25) is 0 Å². The lowest BCUT2D eigenvalue weighted by Crippen LogP contribution is -2.19. The first-order chi connectivity index (χ1) is 9.45. The first-order valence-electron chi connectivity index (χ1n) is 6.83. The maximum absolute atomic E-state index is 11.9. The maximum atomic E-state index is 11.9. The summed E-state index contributed by atoms with van der Waals surface area (Å²) in [5, 5.41) is 5.02. The second-order valence-corrected chi connectivity index (χ2v) is 6.11. The summed E-state index contributed by atoms with van der Waals surface area (Å²) in [7, 11) is 0. The van der Waals surface area contributed by atoms with E-state index in [1.807, 2.05) is 0 Å². The summed E-state index contributed by atoms with van der Waals surface area (Å²) in [4.78, 5) is 23.1. The summed E-state index contributed by atoms with van der Waals surface area (Å²) in [5.74, 6) is 0.348. The monoisotopic (exact) mass is 297 g/mol. The Balaban J connectivity index is 2.51. The number of carbonyl (C=O) groups excluding carboxylic acids is 2. The molecule has 5 N–H and O–H groups in total. The van der Waals surface area contributed by atoms with Gasteiger partial charge in [-0.2, -0.15) is 0 Å². The third kappa shape index (κ3) is 4.94. The number of hydrogen-bond acceptors (Lipinski definition) is 4. The van der Waals surface area contributed by atoms with E-state index < -0.39 is 5.91 Å². The van der Waals surface area contributed by atoms with Crippen molar-refractivity contribution in [3.8, 4) is 0 Å². The fourth-order valence-electron chi connectivity index (χ4n) is 2.13. The summed E-state index contributed by atoms with van der Waals surface area (Å²) in [6.07, 6.45) is 2.16. The fourth-order valence-corrected chi connectivity index (χ4v) is 2.94. The number of primary amides is 1. The zero-order chi connectivity index (χ0) is 15.1. The summed E-state index contributed by atoms with van der Waals surface area (Å²) >= 11 is 1.30. The van der Waals surface area contributed by atoms with E-state index >= 15 is 0 Å². The molecule has 112 valence electrons. The Morgan fingerprint density at radius 3 is 2.60 bits per heavy atom. The second kappa shape index (κ2) is 8.01. The highest BCUT2D eigenvalue weighted by molar-refractivity contribution is 7.14. The minimum Gasteiger partial charge on any atom is -0.366 e. The van der Waals surface area contributed by atoms with Crippen LogP contribution in [0.5, 0.6) is 0 Å². The molecule has 0 spiro atoms. The van der Waals surface area contributed by atoms with Crippen LogP contribution in [0.15, 0.2) is 11.4 Å². The van der Waals surface area contributed by atoms with Crippen molar-refractivity contribution >= 4 is 28.2 Å². The summed E-state index contributed by atoms with van der Waals surface area (Å²) in [5.41, 5.74) is 11.2. The molecular formula is C14H23N3O2S. The van der Waals surface area contributed by atoms with E-state index in [4.69, 9.17) is 11.5 Å². The van der Waals surface area contributed by atoms with Crippen molar-refractivity contribution in [3.05, 3.63) is 17.0 Å². The molecule has 0 bridgehead atoms. The van der Waals surface area contributed by atoms with Crippen LogP contribution >= 0.6 is 11.3 Å². The number of carbonyl (C=O) groups is 2. The van der Waals surface area contributed by atoms with Crippen molar-refractivity contribution in [1.82, 2.24) is 0 Å². The van der Waals surface area contributed by atoms with E-state index in [9.17, 15) is 9.59 Å². The lowest BCUT2D eigenvalue weighted by atomic mass is 9.88. The molecule has 0 aliphatic carbocycles. The number of amides is 2. The van der Waals surface area contributed by atoms with E-state index in [1.165, 1.54) is 11.3 Å². The van der Waals surface area contributed by atoms with E-state index in [0.717, 1.165) is 12.8 Å². The van der Waals surface area contributed by atoms with Crippen LogP contribution in [0, 0.1) is 11.8 Å². The smallest absolute Gasteiger partial charge is 0.251 e. The van der Waals surface area contributed by atoms with Crippen LogP contribution < -0.4 is 16.8 Å². The normalized spacial score (nSPS) is 12.4. The van der Waals surface area contributed by atoms with Crippen LogP contribution in [-0.2, 0) is 4.79 Å². The third-order valence-corrected chi connectivity index (χ3v) is 4.24. The third-order valence-electron chi connectivity index (χ3n) is 3.41. The molecule has 0 fully saturated rings. The Hall–Kier alpha value is -1.40. The quantitative estimate of drug-likeness (QED) is 0.686. The van der Waals surface area contributed by atoms with Gasteiger partial charge in [-0.3, -0.25) is 9.59 Å². The van der Waals surface area contributed by atoms with Gasteiger partial charge in [0, 0.05) is 6.42 Å². The Labute approximate surface area is 123 Å². The molecule has 1 unspecified atom stereocenters. The van der Waals surface area contributed by atoms with Gasteiger partial charge in [0.05, 0.1) is 5.56 Å². The van der Waals surface area contributed by atoms with Gasteiger partial charge in [0.1, 0.15) is 5.00 Å². The molecule has 1 rings (SSSR count). The fraction of sp³-hybridized carbons (Fsp3) is 0.571. The Morgan fingerprint density at radius 1 is 1.35 bits per heavy atom. The Kier molecular flexibility index (Phi) is 6.67. The number of hydrogen-bond donors (Lipinski definition) is 3. The zero-order valence-electron chi connectivity index (χ0n) is 12.0. The molecule has 0 saturated carbocycles. The summed E-state index contributed by atoms with van der Waals surface area (Å²) in [6, 6.07) is 1.62. The zero-order valence-corrected chi connectivity index (χ0v) is 12.8. The van der Waals surface area contributed by atoms with E-state index in [-0.39, 0.29) is 5.91 Å². The van der Waals surface area contributed by atoms with E-state index in [0.29, 0.717) is 35.4 Å². The second-order valence-electron chi connectivity index (χ2n) is 5.20. The van der Waals surface area contributed by atoms with Crippen molar-refractivity contribution in [2.45, 2.75) is 33.1 Å². The number of anilines is 1. The van der Waals surface area contributed by atoms with Gasteiger partial charge in [-0.05, 0) is 42.7 Å². The molecule has 0 aromatic carbocycles. The number of thiophene rings is 1. The van der Waals surface area contributed by atoms with Crippen LogP contribution in [0.3, 0.4) is 0 Å². The van der Waals surface area contributed by atoms with E-state index in [2.05, 4.69) is 19.2 Å². The SMILES string of the molecule is CC(C)C(CCN)CCC(=O)Nc1sccc1C(N)=O. The molecular weight excluding hydrogens is 274 g/mol. The average molecular weight is 297 g/mol. The lowest BCUT2D eigenvalue weighted by Gasteiger charge is -2.19. The molecule has 1 aromatic rings. The molecule has 0 aliphatic rings. The number of rotatable bonds is 8. The topological polar surface area (TPSA) is 98.2 Å². The van der Waals surface area contributed by atoms with Gasteiger partial charge in [-0.25, -0.2) is 0 Å². The number of nitrogens with one attached hydrogen (secondary N) is 1. The molecule has 0 aliphatic heterocycles. The number of nitrogens with two attached hydrogens (primary N) is 2. The highest BCUT2D eigenvalue weighted by Crippen LogP contribution is 2.24. The first kappa shape index (κ1) is 16.7. The molecule has 1 atom stereocenters. The minimum absolute atomic E-state index is 0.0855. The minimum atomic E-state index is -0.523. The van der Waals surface area contributed by atoms with Gasteiger partial charge in [0.15, 0.2) is 0 Å². The molecule has 1 heterocycles. The van der Waals surface area contributed by atoms with E-state index in [1.54, 1.807) is 11.4 Å². The molecule has 2 amide bonds. The van der Waals surface area contributed by atoms with Gasteiger partial charge in [0.25, 0.3) is 5.91 Å². The molecule has 1 aromatic heterocycles. The van der Waals surface area contributed by atoms with Gasteiger partial charge in [-0.1, -0.05) is 13.8 Å². The molecule has 20 heavy (non-hydrogen) atoms. The largest absolute Gasteiger partial charge is 0.366 e. The van der Waals surface area contributed by atoms with Crippen molar-refractivity contribution in [1.29, 1.82) is 0 Å². The highest BCUT2D eigenvalue weighted by Gasteiger charge is 2.16. The van der Waals surface area contributed by atoms with Crippen molar-refractivity contribution in [2.75, 3.05) is 11.9 Å². The van der Waals surface area contributed by atoms with Crippen molar-refractivity contribution in [2.24, 2.45) is 23.3 Å². The highest BCUT2D eigenvalue weighted by atomic mass is 32.1. The lowest BCUT2D eigenvalue weighted by molar-refractivity contribution is -0.116. The molecule has 5 nitrogen and oxygen atoms in total. The van der Waals surface area contributed by atoms with Crippen LogP contribution in [0.4, 0.5) is 5.00 Å².